The van der Waals surface area contributed by atoms with Crippen molar-refractivity contribution in [2.75, 3.05) is 32.7 Å². The SMILES string of the molecule is CC(C)OC1CC[N+]2(CC1)CC21CCCC(F)(F)[C@@H]1NC(=O)N1CCC(C)(c2noc([C@@H]3C[C@@H]3F)n2)CC1. The number of alkyl halides is 3. The summed E-state index contributed by atoms with van der Waals surface area (Å²) < 4.78 is 56.3. The topological polar surface area (TPSA) is 80.5 Å². The Morgan fingerprint density at radius 2 is 1.87 bits per heavy atom. The summed E-state index contributed by atoms with van der Waals surface area (Å²) in [4.78, 5) is 19.5. The van der Waals surface area contributed by atoms with Crippen LogP contribution in [0.25, 0.3) is 0 Å². The third-order valence-corrected chi connectivity index (χ3v) is 10.2. The van der Waals surface area contributed by atoms with Crippen molar-refractivity contribution in [1.29, 1.82) is 0 Å². The van der Waals surface area contributed by atoms with E-state index < -0.39 is 35.1 Å². The van der Waals surface area contributed by atoms with Crippen LogP contribution >= 0.6 is 0 Å². The van der Waals surface area contributed by atoms with E-state index in [1.807, 2.05) is 20.8 Å². The third kappa shape index (κ3) is 4.41. The van der Waals surface area contributed by atoms with Crippen LogP contribution < -0.4 is 5.32 Å². The molecule has 2 spiro atoms. The summed E-state index contributed by atoms with van der Waals surface area (Å²) in [6.07, 6.45) is 3.83. The number of carbonyl (C=O) groups excluding carboxylic acids is 1. The van der Waals surface area contributed by atoms with Crippen LogP contribution in [-0.2, 0) is 10.2 Å². The minimum absolute atomic E-state index is 0.162. The summed E-state index contributed by atoms with van der Waals surface area (Å²) in [6.45, 7) is 9.29. The summed E-state index contributed by atoms with van der Waals surface area (Å²) >= 11 is 0. The molecule has 1 unspecified atom stereocenters. The highest BCUT2D eigenvalue weighted by Gasteiger charge is 2.78. The predicted molar refractivity (Wildman–Crippen MR) is 133 cm³/mol. The monoisotopic (exact) mass is 540 g/mol. The van der Waals surface area contributed by atoms with Crippen molar-refractivity contribution in [3.8, 4) is 0 Å². The van der Waals surface area contributed by atoms with E-state index in [1.54, 1.807) is 4.90 Å². The Morgan fingerprint density at radius 3 is 2.50 bits per heavy atom. The summed E-state index contributed by atoms with van der Waals surface area (Å²) in [5, 5.41) is 6.95. The minimum atomic E-state index is -2.93. The van der Waals surface area contributed by atoms with Gasteiger partial charge in [0.05, 0.1) is 31.2 Å². The van der Waals surface area contributed by atoms with Gasteiger partial charge in [-0.05, 0) is 39.5 Å². The molecule has 3 aliphatic heterocycles. The summed E-state index contributed by atoms with van der Waals surface area (Å²) in [5.74, 6) is -2.33. The van der Waals surface area contributed by atoms with Crippen LogP contribution in [0.4, 0.5) is 18.0 Å². The van der Waals surface area contributed by atoms with Gasteiger partial charge in [-0.25, -0.2) is 18.0 Å². The van der Waals surface area contributed by atoms with Crippen LogP contribution in [0.3, 0.4) is 0 Å². The maximum Gasteiger partial charge on any atom is 0.318 e. The van der Waals surface area contributed by atoms with Crippen LogP contribution in [-0.4, -0.2) is 94.2 Å². The fraction of sp³-hybridized carbons (Fsp3) is 0.889. The molecular weight excluding hydrogens is 499 g/mol. The molecule has 0 radical (unpaired) electrons. The van der Waals surface area contributed by atoms with Crippen molar-refractivity contribution in [2.24, 2.45) is 0 Å². The van der Waals surface area contributed by atoms with Crippen LogP contribution in [0.15, 0.2) is 4.52 Å². The molecule has 3 saturated heterocycles. The molecule has 38 heavy (non-hydrogen) atoms. The number of piperidine rings is 2. The van der Waals surface area contributed by atoms with Gasteiger partial charge in [0.15, 0.2) is 17.4 Å². The van der Waals surface area contributed by atoms with E-state index in [2.05, 4.69) is 15.5 Å². The molecule has 4 heterocycles. The van der Waals surface area contributed by atoms with Crippen molar-refractivity contribution in [2.45, 2.75) is 119 Å². The lowest BCUT2D eigenvalue weighted by Gasteiger charge is -2.43. The van der Waals surface area contributed by atoms with Gasteiger partial charge in [0.1, 0.15) is 12.7 Å². The second-order valence-corrected chi connectivity index (χ2v) is 13.1. The van der Waals surface area contributed by atoms with Crippen molar-refractivity contribution >= 4 is 6.03 Å². The molecule has 8 nitrogen and oxygen atoms in total. The number of nitrogens with zero attached hydrogens (tertiary/aromatic N) is 4. The van der Waals surface area contributed by atoms with E-state index in [-0.39, 0.29) is 24.5 Å². The number of hydrogen-bond donors (Lipinski definition) is 1. The first kappa shape index (κ1) is 26.3. The summed E-state index contributed by atoms with van der Waals surface area (Å²) in [6, 6.07) is -1.56. The van der Waals surface area contributed by atoms with E-state index in [0.29, 0.717) is 61.5 Å². The van der Waals surface area contributed by atoms with Gasteiger partial charge >= 0.3 is 6.03 Å². The van der Waals surface area contributed by atoms with Gasteiger partial charge in [-0.3, -0.25) is 0 Å². The van der Waals surface area contributed by atoms with E-state index in [9.17, 15) is 9.18 Å². The lowest BCUT2D eigenvalue weighted by molar-refractivity contribution is -0.840. The van der Waals surface area contributed by atoms with Gasteiger partial charge in [0.25, 0.3) is 5.92 Å². The van der Waals surface area contributed by atoms with Crippen LogP contribution in [0.1, 0.15) is 89.8 Å². The Kier molecular flexibility index (Phi) is 6.29. The number of carbonyl (C=O) groups is 1. The number of aromatic nitrogens is 2. The number of likely N-dealkylation sites (tertiary alicyclic amines) is 1. The molecule has 212 valence electrons. The molecule has 0 bridgehead atoms. The standard InChI is InChI=1S/C27H40F3N5O3/c1-17(2)37-18-5-13-35(14-6-18)16-26(35)7-4-8-27(29,30)22(26)32-24(36)34-11-9-25(3,10-12-34)23-31-21(38-33-23)19-15-20(19)28/h17-20,22H,4-16H2,1-3H3/p+1/t18?,19-,20+,22-,26?,35?/m1/s1. The Morgan fingerprint density at radius 1 is 1.18 bits per heavy atom. The van der Waals surface area contributed by atoms with Crippen LogP contribution in [0, 0.1) is 0 Å². The number of rotatable bonds is 5. The van der Waals surface area contributed by atoms with E-state index in [1.165, 1.54) is 0 Å². The molecular formula is C27H41F3N5O3+. The van der Waals surface area contributed by atoms with Crippen molar-refractivity contribution < 1.29 is 31.7 Å². The number of fused-ring (bicyclic) bond motifs is 1. The lowest BCUT2D eigenvalue weighted by atomic mass is 9.79. The van der Waals surface area contributed by atoms with Crippen molar-refractivity contribution in [3.05, 3.63) is 11.7 Å². The Bertz CT molecular complexity index is 1050. The molecule has 1 aromatic rings. The lowest BCUT2D eigenvalue weighted by Crippen LogP contribution is -2.65. The fourth-order valence-electron chi connectivity index (χ4n) is 7.58. The minimum Gasteiger partial charge on any atom is -0.375 e. The van der Waals surface area contributed by atoms with Crippen LogP contribution in [0.2, 0.25) is 0 Å². The average Bonchev–Trinajstić information content (AvgIpc) is 3.64. The molecule has 2 saturated carbocycles. The number of ether oxygens (including phenoxy) is 1. The second-order valence-electron chi connectivity index (χ2n) is 13.1. The highest BCUT2D eigenvalue weighted by Crippen LogP contribution is 2.57. The summed E-state index contributed by atoms with van der Waals surface area (Å²) in [5.41, 5.74) is -0.980. The predicted octanol–water partition coefficient (Wildman–Crippen LogP) is 4.30. The van der Waals surface area contributed by atoms with E-state index >= 15 is 8.78 Å². The number of hydrogen-bond acceptors (Lipinski definition) is 5. The van der Waals surface area contributed by atoms with Crippen LogP contribution in [0.5, 0.6) is 0 Å². The first-order valence-corrected chi connectivity index (χ1v) is 14.4. The number of quaternary nitrogens is 1. The summed E-state index contributed by atoms with van der Waals surface area (Å²) in [7, 11) is 0. The zero-order chi connectivity index (χ0) is 26.9. The number of urea groups is 1. The maximum absolute atomic E-state index is 15.4. The Balaban J connectivity index is 1.10. The van der Waals surface area contributed by atoms with E-state index in [4.69, 9.17) is 9.26 Å². The van der Waals surface area contributed by atoms with Crippen molar-refractivity contribution in [1.82, 2.24) is 20.4 Å². The van der Waals surface area contributed by atoms with E-state index in [0.717, 1.165) is 32.4 Å². The molecule has 5 aliphatic rings. The fourth-order valence-corrected chi connectivity index (χ4v) is 7.58. The number of halogens is 3. The highest BCUT2D eigenvalue weighted by molar-refractivity contribution is 5.75. The van der Waals surface area contributed by atoms with Gasteiger partial charge in [-0.2, -0.15) is 4.98 Å². The first-order chi connectivity index (χ1) is 18.0. The second kappa shape index (κ2) is 9.08. The zero-order valence-electron chi connectivity index (χ0n) is 22.7. The Hall–Kier alpha value is -1.88. The normalized spacial score (nSPS) is 39.5. The third-order valence-electron chi connectivity index (χ3n) is 10.2. The number of amides is 2. The average molecular weight is 541 g/mol. The molecule has 11 heteroatoms. The quantitative estimate of drug-likeness (QED) is 0.445. The molecule has 4 atom stereocenters. The molecule has 2 aliphatic carbocycles. The first-order valence-electron chi connectivity index (χ1n) is 14.4. The highest BCUT2D eigenvalue weighted by atomic mass is 19.3. The van der Waals surface area contributed by atoms with Gasteiger partial charge in [-0.1, -0.05) is 12.1 Å². The smallest absolute Gasteiger partial charge is 0.318 e. The zero-order valence-corrected chi connectivity index (χ0v) is 22.7. The van der Waals surface area contributed by atoms with Gasteiger partial charge in [0.2, 0.25) is 5.89 Å². The Labute approximate surface area is 222 Å². The van der Waals surface area contributed by atoms with Crippen molar-refractivity contribution in [3.63, 3.8) is 0 Å². The van der Waals surface area contributed by atoms with Gasteiger partial charge in [0, 0.05) is 44.2 Å². The molecule has 2 amide bonds. The molecule has 1 N–H and O–H groups in total. The van der Waals surface area contributed by atoms with Gasteiger partial charge < -0.3 is 24.0 Å². The molecule has 0 aromatic carbocycles. The van der Waals surface area contributed by atoms with Gasteiger partial charge in [-0.15, -0.1) is 0 Å². The maximum atomic E-state index is 15.4. The largest absolute Gasteiger partial charge is 0.375 e. The molecule has 1 aromatic heterocycles. The molecule has 5 fully saturated rings. The number of nitrogens with one attached hydrogen (secondary N) is 1. The molecule has 6 rings (SSSR count).